The van der Waals surface area contributed by atoms with Crippen LogP contribution in [0.25, 0.3) is 0 Å². The fourth-order valence-corrected chi connectivity index (χ4v) is 3.28. The summed E-state index contributed by atoms with van der Waals surface area (Å²) in [6.45, 7) is 4.20. The van der Waals surface area contributed by atoms with Crippen molar-refractivity contribution in [2.45, 2.75) is 19.3 Å². The molecule has 1 N–H and O–H groups in total. The molecule has 3 rings (SSSR count). The molecule has 1 unspecified atom stereocenters. The van der Waals surface area contributed by atoms with Crippen molar-refractivity contribution in [3.63, 3.8) is 0 Å². The Morgan fingerprint density at radius 2 is 2.06 bits per heavy atom. The predicted octanol–water partition coefficient (Wildman–Crippen LogP) is 1.02. The highest BCUT2D eigenvalue weighted by atomic mass is 16.2. The maximum absolute atomic E-state index is 12.1. The molecule has 3 heteroatoms. The van der Waals surface area contributed by atoms with E-state index < -0.39 is 0 Å². The summed E-state index contributed by atoms with van der Waals surface area (Å²) < 4.78 is 0. The molecule has 3 atom stereocenters. The van der Waals surface area contributed by atoms with Crippen LogP contribution < -0.4 is 5.32 Å². The maximum atomic E-state index is 12.1. The van der Waals surface area contributed by atoms with E-state index in [0.29, 0.717) is 11.8 Å². The molecule has 1 aliphatic carbocycles. The molecule has 0 aromatic rings. The van der Waals surface area contributed by atoms with Crippen LogP contribution in [0.4, 0.5) is 0 Å². The molecule has 0 bridgehead atoms. The lowest BCUT2D eigenvalue weighted by Crippen LogP contribution is -2.32. The molecular formula is C13H20N2O. The molecule has 88 valence electrons. The number of hydrogen-bond donors (Lipinski definition) is 1. The van der Waals surface area contributed by atoms with Crippen molar-refractivity contribution in [1.29, 1.82) is 0 Å². The highest BCUT2D eigenvalue weighted by Gasteiger charge is 2.38. The SMILES string of the molecule is O=C(CC1C=CCC1)N1C[C@H]2CNC[C@H]2C1. The van der Waals surface area contributed by atoms with Gasteiger partial charge in [0.25, 0.3) is 0 Å². The number of rotatable bonds is 2. The van der Waals surface area contributed by atoms with E-state index >= 15 is 0 Å². The number of nitrogens with zero attached hydrogens (tertiary/aromatic N) is 1. The summed E-state index contributed by atoms with van der Waals surface area (Å²) in [5.41, 5.74) is 0. The van der Waals surface area contributed by atoms with Crippen LogP contribution in [0.2, 0.25) is 0 Å². The van der Waals surface area contributed by atoms with Gasteiger partial charge in [0.1, 0.15) is 0 Å². The van der Waals surface area contributed by atoms with E-state index in [2.05, 4.69) is 22.4 Å². The molecular weight excluding hydrogens is 200 g/mol. The summed E-state index contributed by atoms with van der Waals surface area (Å²) >= 11 is 0. The van der Waals surface area contributed by atoms with Crippen LogP contribution in [-0.2, 0) is 4.79 Å². The summed E-state index contributed by atoms with van der Waals surface area (Å²) in [6.07, 6.45) is 7.50. The highest BCUT2D eigenvalue weighted by molar-refractivity contribution is 5.77. The Bertz CT molecular complexity index is 301. The van der Waals surface area contributed by atoms with Crippen LogP contribution in [0, 0.1) is 17.8 Å². The molecule has 0 radical (unpaired) electrons. The zero-order valence-electron chi connectivity index (χ0n) is 9.69. The topological polar surface area (TPSA) is 32.3 Å². The largest absolute Gasteiger partial charge is 0.342 e. The first-order valence-corrected chi connectivity index (χ1v) is 6.48. The second kappa shape index (κ2) is 4.21. The number of amides is 1. The van der Waals surface area contributed by atoms with Crippen LogP contribution in [0.1, 0.15) is 19.3 Å². The normalized spacial score (nSPS) is 37.0. The lowest BCUT2D eigenvalue weighted by atomic mass is 10.0. The molecule has 2 saturated heterocycles. The fourth-order valence-electron chi connectivity index (χ4n) is 3.28. The standard InChI is InChI=1S/C13H20N2O/c16-13(5-10-3-1-2-4-10)15-8-11-6-14-7-12(11)9-15/h1,3,10-12,14H,2,4-9H2/t10?,11-,12+. The van der Waals surface area contributed by atoms with Gasteiger partial charge in [0.05, 0.1) is 0 Å². The van der Waals surface area contributed by atoms with Gasteiger partial charge in [-0.1, -0.05) is 12.2 Å². The first kappa shape index (κ1) is 10.3. The van der Waals surface area contributed by atoms with Gasteiger partial charge in [-0.15, -0.1) is 0 Å². The third-order valence-electron chi connectivity index (χ3n) is 4.29. The Morgan fingerprint density at radius 1 is 1.31 bits per heavy atom. The Balaban J connectivity index is 1.53. The van der Waals surface area contributed by atoms with Gasteiger partial charge in [-0.25, -0.2) is 0 Å². The summed E-state index contributed by atoms with van der Waals surface area (Å²) in [4.78, 5) is 14.2. The molecule has 1 amide bonds. The van der Waals surface area contributed by atoms with Crippen molar-refractivity contribution in [3.8, 4) is 0 Å². The number of hydrogen-bond acceptors (Lipinski definition) is 2. The summed E-state index contributed by atoms with van der Waals surface area (Å²) in [6, 6.07) is 0. The van der Waals surface area contributed by atoms with Gasteiger partial charge in [0, 0.05) is 32.6 Å². The first-order chi connectivity index (χ1) is 7.83. The second-order valence-electron chi connectivity index (χ2n) is 5.45. The van der Waals surface area contributed by atoms with Gasteiger partial charge in [0.15, 0.2) is 0 Å². The van der Waals surface area contributed by atoms with Crippen LogP contribution in [0.3, 0.4) is 0 Å². The Labute approximate surface area is 96.9 Å². The number of fused-ring (bicyclic) bond motifs is 1. The van der Waals surface area contributed by atoms with Crippen molar-refractivity contribution in [2.75, 3.05) is 26.2 Å². The fraction of sp³-hybridized carbons (Fsp3) is 0.769. The van der Waals surface area contributed by atoms with Crippen LogP contribution in [0.5, 0.6) is 0 Å². The monoisotopic (exact) mass is 220 g/mol. The average Bonchev–Trinajstić information content (AvgIpc) is 2.91. The average molecular weight is 220 g/mol. The van der Waals surface area contributed by atoms with Gasteiger partial charge in [-0.2, -0.15) is 0 Å². The minimum absolute atomic E-state index is 0.381. The van der Waals surface area contributed by atoms with Crippen molar-refractivity contribution < 1.29 is 4.79 Å². The van der Waals surface area contributed by atoms with Crippen molar-refractivity contribution >= 4 is 5.91 Å². The number of carbonyl (C=O) groups excluding carboxylic acids is 1. The molecule has 0 aromatic carbocycles. The van der Waals surface area contributed by atoms with E-state index in [4.69, 9.17) is 0 Å². The van der Waals surface area contributed by atoms with E-state index in [-0.39, 0.29) is 0 Å². The van der Waals surface area contributed by atoms with Crippen molar-refractivity contribution in [2.24, 2.45) is 17.8 Å². The zero-order valence-corrected chi connectivity index (χ0v) is 9.69. The molecule has 0 saturated carbocycles. The third-order valence-corrected chi connectivity index (χ3v) is 4.29. The third kappa shape index (κ3) is 1.88. The van der Waals surface area contributed by atoms with E-state index in [0.717, 1.165) is 50.9 Å². The number of allylic oxidation sites excluding steroid dienone is 2. The Kier molecular flexibility index (Phi) is 2.72. The van der Waals surface area contributed by atoms with E-state index in [1.807, 2.05) is 0 Å². The molecule has 0 spiro atoms. The van der Waals surface area contributed by atoms with E-state index in [9.17, 15) is 4.79 Å². The first-order valence-electron chi connectivity index (χ1n) is 6.48. The molecule has 2 heterocycles. The molecule has 0 aromatic heterocycles. The zero-order chi connectivity index (χ0) is 11.0. The molecule has 3 nitrogen and oxygen atoms in total. The van der Waals surface area contributed by atoms with E-state index in [1.54, 1.807) is 0 Å². The minimum Gasteiger partial charge on any atom is -0.342 e. The molecule has 3 aliphatic rings. The minimum atomic E-state index is 0.381. The van der Waals surface area contributed by atoms with Gasteiger partial charge >= 0.3 is 0 Å². The smallest absolute Gasteiger partial charge is 0.223 e. The number of nitrogens with one attached hydrogen (secondary N) is 1. The van der Waals surface area contributed by atoms with Gasteiger partial charge in [0.2, 0.25) is 5.91 Å². The van der Waals surface area contributed by atoms with Crippen LogP contribution in [0.15, 0.2) is 12.2 Å². The van der Waals surface area contributed by atoms with Gasteiger partial charge in [-0.05, 0) is 30.6 Å². The predicted molar refractivity (Wildman–Crippen MR) is 62.9 cm³/mol. The highest BCUT2D eigenvalue weighted by Crippen LogP contribution is 2.28. The number of carbonyl (C=O) groups is 1. The lowest BCUT2D eigenvalue weighted by molar-refractivity contribution is -0.131. The van der Waals surface area contributed by atoms with Crippen LogP contribution >= 0.6 is 0 Å². The Morgan fingerprint density at radius 3 is 2.69 bits per heavy atom. The lowest BCUT2D eigenvalue weighted by Gasteiger charge is -2.19. The van der Waals surface area contributed by atoms with E-state index in [1.165, 1.54) is 6.42 Å². The maximum Gasteiger partial charge on any atom is 0.223 e. The summed E-state index contributed by atoms with van der Waals surface area (Å²) in [5, 5.41) is 3.41. The molecule has 2 aliphatic heterocycles. The van der Waals surface area contributed by atoms with Gasteiger partial charge < -0.3 is 10.2 Å². The summed E-state index contributed by atoms with van der Waals surface area (Å²) in [5.74, 6) is 2.35. The molecule has 16 heavy (non-hydrogen) atoms. The summed E-state index contributed by atoms with van der Waals surface area (Å²) in [7, 11) is 0. The second-order valence-corrected chi connectivity index (χ2v) is 5.45. The molecule has 2 fully saturated rings. The van der Waals surface area contributed by atoms with Crippen molar-refractivity contribution in [3.05, 3.63) is 12.2 Å². The van der Waals surface area contributed by atoms with Crippen molar-refractivity contribution in [1.82, 2.24) is 10.2 Å². The number of likely N-dealkylation sites (tertiary alicyclic amines) is 1. The van der Waals surface area contributed by atoms with Gasteiger partial charge in [-0.3, -0.25) is 4.79 Å². The van der Waals surface area contributed by atoms with Crippen LogP contribution in [-0.4, -0.2) is 37.0 Å². The quantitative estimate of drug-likeness (QED) is 0.705. The Hall–Kier alpha value is -0.830.